The second-order valence-corrected chi connectivity index (χ2v) is 6.75. The van der Waals surface area contributed by atoms with Crippen molar-refractivity contribution in [3.8, 4) is 0 Å². The summed E-state index contributed by atoms with van der Waals surface area (Å²) in [6.45, 7) is 5.40. The van der Waals surface area contributed by atoms with E-state index < -0.39 is 0 Å². The third kappa shape index (κ3) is 4.23. The lowest BCUT2D eigenvalue weighted by Gasteiger charge is -2.24. The normalized spacial score (nSPS) is 19.9. The summed E-state index contributed by atoms with van der Waals surface area (Å²) in [5.41, 5.74) is 8.30. The first-order valence-corrected chi connectivity index (χ1v) is 8.77. The highest BCUT2D eigenvalue weighted by Crippen LogP contribution is 2.31. The number of benzene rings is 1. The first-order valence-electron chi connectivity index (χ1n) is 7.98. The van der Waals surface area contributed by atoms with E-state index in [1.807, 2.05) is 0 Å². The smallest absolute Gasteiger partial charge is 0.0510 e. The average molecular weight is 339 g/mol. The lowest BCUT2D eigenvalue weighted by Crippen LogP contribution is -2.24. The van der Waals surface area contributed by atoms with Gasteiger partial charge in [-0.25, -0.2) is 0 Å². The Hall–Kier alpha value is -0.540. The highest BCUT2D eigenvalue weighted by molar-refractivity contribution is 9.10. The zero-order valence-electron chi connectivity index (χ0n) is 12.6. The lowest BCUT2D eigenvalue weighted by molar-refractivity contribution is 0.435. The van der Waals surface area contributed by atoms with Crippen LogP contribution in [-0.2, 0) is 6.42 Å². The summed E-state index contributed by atoms with van der Waals surface area (Å²) in [4.78, 5) is 2.55. The highest BCUT2D eigenvalue weighted by atomic mass is 79.9. The van der Waals surface area contributed by atoms with E-state index in [4.69, 9.17) is 5.73 Å². The molecule has 2 rings (SSSR count). The van der Waals surface area contributed by atoms with Crippen molar-refractivity contribution < 1.29 is 0 Å². The van der Waals surface area contributed by atoms with E-state index in [-0.39, 0.29) is 0 Å². The van der Waals surface area contributed by atoms with Crippen LogP contribution in [0.5, 0.6) is 0 Å². The first kappa shape index (κ1) is 15.8. The quantitative estimate of drug-likeness (QED) is 0.864. The molecule has 0 aliphatic carbocycles. The first-order chi connectivity index (χ1) is 9.74. The number of halogens is 1. The van der Waals surface area contributed by atoms with Gasteiger partial charge in [0.1, 0.15) is 0 Å². The third-order valence-corrected chi connectivity index (χ3v) is 4.97. The molecule has 2 nitrogen and oxygen atoms in total. The Morgan fingerprint density at radius 2 is 2.15 bits per heavy atom. The molecule has 0 spiro atoms. The van der Waals surface area contributed by atoms with Crippen molar-refractivity contribution in [2.45, 2.75) is 45.4 Å². The van der Waals surface area contributed by atoms with Crippen LogP contribution in [0, 0.1) is 5.92 Å². The molecule has 1 heterocycles. The summed E-state index contributed by atoms with van der Waals surface area (Å²) >= 11 is 3.74. The molecule has 0 aromatic heterocycles. The van der Waals surface area contributed by atoms with Gasteiger partial charge >= 0.3 is 0 Å². The largest absolute Gasteiger partial charge is 0.371 e. The minimum Gasteiger partial charge on any atom is -0.371 e. The van der Waals surface area contributed by atoms with Crippen molar-refractivity contribution in [1.82, 2.24) is 0 Å². The van der Waals surface area contributed by atoms with E-state index in [0.29, 0.717) is 6.54 Å². The molecular formula is C17H27BrN2. The van der Waals surface area contributed by atoms with E-state index in [2.05, 4.69) is 46.0 Å². The summed E-state index contributed by atoms with van der Waals surface area (Å²) in [6.07, 6.45) is 7.73. The zero-order valence-corrected chi connectivity index (χ0v) is 14.2. The number of anilines is 1. The SMILES string of the molecule is CCCC1CCCN(c2ccc(CCN)cc2Br)CC1. The molecule has 20 heavy (non-hydrogen) atoms. The van der Waals surface area contributed by atoms with E-state index in [0.717, 1.165) is 12.3 Å². The number of rotatable bonds is 5. The van der Waals surface area contributed by atoms with Gasteiger partial charge in [0.15, 0.2) is 0 Å². The molecule has 1 aromatic carbocycles. The molecule has 1 atom stereocenters. The second-order valence-electron chi connectivity index (χ2n) is 5.90. The molecule has 0 bridgehead atoms. The Morgan fingerprint density at radius 3 is 2.85 bits per heavy atom. The predicted octanol–water partition coefficient (Wildman–Crippen LogP) is 4.36. The fraction of sp³-hybridized carbons (Fsp3) is 0.647. The van der Waals surface area contributed by atoms with Gasteiger partial charge in [-0.3, -0.25) is 0 Å². The minimum absolute atomic E-state index is 0.716. The van der Waals surface area contributed by atoms with Crippen LogP contribution in [0.2, 0.25) is 0 Å². The summed E-state index contributed by atoms with van der Waals surface area (Å²) in [7, 11) is 0. The predicted molar refractivity (Wildman–Crippen MR) is 91.4 cm³/mol. The Labute approximate surface area is 131 Å². The molecule has 1 unspecified atom stereocenters. The molecule has 0 saturated carbocycles. The molecule has 0 amide bonds. The van der Waals surface area contributed by atoms with Crippen LogP contribution in [-0.4, -0.2) is 19.6 Å². The monoisotopic (exact) mass is 338 g/mol. The molecule has 1 aliphatic heterocycles. The highest BCUT2D eigenvalue weighted by Gasteiger charge is 2.18. The van der Waals surface area contributed by atoms with Crippen LogP contribution < -0.4 is 10.6 Å². The van der Waals surface area contributed by atoms with Crippen LogP contribution in [0.1, 0.15) is 44.6 Å². The van der Waals surface area contributed by atoms with Gasteiger partial charge in [-0.1, -0.05) is 25.8 Å². The fourth-order valence-corrected chi connectivity index (χ4v) is 3.91. The Kier molecular flexibility index (Phi) is 6.37. The number of hydrogen-bond acceptors (Lipinski definition) is 2. The molecule has 3 heteroatoms. The maximum absolute atomic E-state index is 5.63. The molecule has 1 saturated heterocycles. The summed E-state index contributed by atoms with van der Waals surface area (Å²) in [6, 6.07) is 6.72. The van der Waals surface area contributed by atoms with Gasteiger partial charge in [0.05, 0.1) is 5.69 Å². The van der Waals surface area contributed by atoms with Gasteiger partial charge in [0, 0.05) is 17.6 Å². The van der Waals surface area contributed by atoms with Crippen molar-refractivity contribution >= 4 is 21.6 Å². The molecule has 1 aliphatic rings. The maximum Gasteiger partial charge on any atom is 0.0510 e. The van der Waals surface area contributed by atoms with Crippen molar-refractivity contribution in [2.75, 3.05) is 24.5 Å². The van der Waals surface area contributed by atoms with Crippen LogP contribution in [0.15, 0.2) is 22.7 Å². The van der Waals surface area contributed by atoms with Crippen molar-refractivity contribution in [3.05, 3.63) is 28.2 Å². The maximum atomic E-state index is 5.63. The van der Waals surface area contributed by atoms with Crippen molar-refractivity contribution in [1.29, 1.82) is 0 Å². The van der Waals surface area contributed by atoms with Crippen molar-refractivity contribution in [3.63, 3.8) is 0 Å². The van der Waals surface area contributed by atoms with Gasteiger partial charge in [0.2, 0.25) is 0 Å². The topological polar surface area (TPSA) is 29.3 Å². The summed E-state index contributed by atoms with van der Waals surface area (Å²) in [5.74, 6) is 0.931. The second kappa shape index (κ2) is 8.04. The minimum atomic E-state index is 0.716. The van der Waals surface area contributed by atoms with Crippen LogP contribution in [0.25, 0.3) is 0 Å². The number of nitrogens with two attached hydrogens (primary N) is 1. The van der Waals surface area contributed by atoms with E-state index in [1.165, 1.54) is 60.9 Å². The summed E-state index contributed by atoms with van der Waals surface area (Å²) < 4.78 is 1.22. The Bertz CT molecular complexity index is 419. The molecule has 2 N–H and O–H groups in total. The molecule has 1 aromatic rings. The average Bonchev–Trinajstić information content (AvgIpc) is 2.66. The van der Waals surface area contributed by atoms with Crippen molar-refractivity contribution in [2.24, 2.45) is 11.7 Å². The van der Waals surface area contributed by atoms with Gasteiger partial charge in [0.25, 0.3) is 0 Å². The van der Waals surface area contributed by atoms with Gasteiger partial charge < -0.3 is 10.6 Å². The van der Waals surface area contributed by atoms with Gasteiger partial charge in [-0.15, -0.1) is 0 Å². The lowest BCUT2D eigenvalue weighted by atomic mass is 9.96. The van der Waals surface area contributed by atoms with E-state index in [9.17, 15) is 0 Å². The Morgan fingerprint density at radius 1 is 1.30 bits per heavy atom. The van der Waals surface area contributed by atoms with Crippen LogP contribution in [0.3, 0.4) is 0 Å². The van der Waals surface area contributed by atoms with Crippen LogP contribution >= 0.6 is 15.9 Å². The van der Waals surface area contributed by atoms with Gasteiger partial charge in [-0.05, 0) is 71.8 Å². The fourth-order valence-electron chi connectivity index (χ4n) is 3.23. The Balaban J connectivity index is 2.03. The molecule has 112 valence electrons. The summed E-state index contributed by atoms with van der Waals surface area (Å²) in [5, 5.41) is 0. The molecular weight excluding hydrogens is 312 g/mol. The number of nitrogens with zero attached hydrogens (tertiary/aromatic N) is 1. The van der Waals surface area contributed by atoms with E-state index >= 15 is 0 Å². The van der Waals surface area contributed by atoms with E-state index in [1.54, 1.807) is 0 Å². The van der Waals surface area contributed by atoms with Gasteiger partial charge in [-0.2, -0.15) is 0 Å². The third-order valence-electron chi connectivity index (χ3n) is 4.33. The molecule has 0 radical (unpaired) electrons. The zero-order chi connectivity index (χ0) is 14.4. The molecule has 1 fully saturated rings. The standard InChI is InChI=1S/C17H27BrN2/c1-2-4-14-5-3-11-20(12-9-14)17-7-6-15(8-10-19)13-16(17)18/h6-7,13-14H,2-5,8-12,19H2,1H3. The van der Waals surface area contributed by atoms with Crippen LogP contribution in [0.4, 0.5) is 5.69 Å². The number of hydrogen-bond donors (Lipinski definition) is 1.